The second-order valence-electron chi connectivity index (χ2n) is 8.71. The first-order valence-electron chi connectivity index (χ1n) is 11.4. The number of hydrogen-bond acceptors (Lipinski definition) is 5. The molecule has 30 heavy (non-hydrogen) atoms. The molecule has 0 unspecified atom stereocenters. The molecule has 2 fully saturated rings. The van der Waals surface area contributed by atoms with Gasteiger partial charge in [-0.25, -0.2) is 4.79 Å². The van der Waals surface area contributed by atoms with Gasteiger partial charge in [0.2, 0.25) is 0 Å². The predicted molar refractivity (Wildman–Crippen MR) is 117 cm³/mol. The summed E-state index contributed by atoms with van der Waals surface area (Å²) in [5.41, 5.74) is 2.68. The molecule has 0 radical (unpaired) electrons. The van der Waals surface area contributed by atoms with Crippen LogP contribution in [0.1, 0.15) is 68.4 Å². The summed E-state index contributed by atoms with van der Waals surface area (Å²) >= 11 is 0. The molecule has 2 aromatic rings. The van der Waals surface area contributed by atoms with Crippen LogP contribution in [-0.2, 0) is 9.47 Å². The van der Waals surface area contributed by atoms with Crippen molar-refractivity contribution >= 4 is 16.9 Å². The van der Waals surface area contributed by atoms with Gasteiger partial charge >= 0.3 is 5.97 Å². The Morgan fingerprint density at radius 2 is 1.90 bits per heavy atom. The Labute approximate surface area is 178 Å². The molecule has 0 amide bonds. The summed E-state index contributed by atoms with van der Waals surface area (Å²) in [6.45, 7) is 10.4. The lowest BCUT2D eigenvalue weighted by atomic mass is 9.90. The molecule has 0 aliphatic carbocycles. The van der Waals surface area contributed by atoms with Gasteiger partial charge in [0.1, 0.15) is 17.5 Å². The fourth-order valence-electron chi connectivity index (χ4n) is 4.61. The third-order valence-electron chi connectivity index (χ3n) is 6.41. The molecule has 1 aromatic heterocycles. The van der Waals surface area contributed by atoms with Crippen LogP contribution >= 0.6 is 0 Å². The van der Waals surface area contributed by atoms with Crippen molar-refractivity contribution in [2.75, 3.05) is 32.9 Å². The Hall–Kier alpha value is -2.05. The standard InChI is InChI=1S/C24H34N2O4/c1-4-29-24(27)22-13-18-14-23(30-19-5-9-26(10-6-19)16(2)3)20(15-21(18)25-22)17-7-11-28-12-8-17/h13-17,19,25H,4-12H2,1-3H3. The molecule has 3 heterocycles. The lowest BCUT2D eigenvalue weighted by molar-refractivity contribution is 0.0520. The molecule has 6 heteroatoms. The summed E-state index contributed by atoms with van der Waals surface area (Å²) in [4.78, 5) is 17.9. The van der Waals surface area contributed by atoms with Crippen molar-refractivity contribution in [1.29, 1.82) is 0 Å². The molecule has 1 N–H and O–H groups in total. The highest BCUT2D eigenvalue weighted by atomic mass is 16.5. The average Bonchev–Trinajstić information content (AvgIpc) is 3.17. The zero-order valence-corrected chi connectivity index (χ0v) is 18.4. The molecule has 0 spiro atoms. The summed E-state index contributed by atoms with van der Waals surface area (Å²) in [6, 6.07) is 6.73. The molecule has 0 saturated carbocycles. The smallest absolute Gasteiger partial charge is 0.354 e. The number of likely N-dealkylation sites (tertiary alicyclic amines) is 1. The van der Waals surface area contributed by atoms with Gasteiger partial charge in [0.25, 0.3) is 0 Å². The SMILES string of the molecule is CCOC(=O)c1cc2cc(OC3CCN(C(C)C)CC3)c(C3CCOCC3)cc2[nH]1. The largest absolute Gasteiger partial charge is 0.490 e. The summed E-state index contributed by atoms with van der Waals surface area (Å²) in [5, 5.41) is 0.989. The fraction of sp³-hybridized carbons (Fsp3) is 0.625. The molecule has 2 saturated heterocycles. The van der Waals surface area contributed by atoms with E-state index in [1.165, 1.54) is 5.56 Å². The summed E-state index contributed by atoms with van der Waals surface area (Å²) < 4.78 is 17.3. The Morgan fingerprint density at radius 3 is 2.57 bits per heavy atom. The number of nitrogens with zero attached hydrogens (tertiary/aromatic N) is 1. The normalized spacial score (nSPS) is 19.5. The topological polar surface area (TPSA) is 63.8 Å². The molecule has 2 aliphatic heterocycles. The summed E-state index contributed by atoms with van der Waals surface area (Å²) in [7, 11) is 0. The maximum Gasteiger partial charge on any atom is 0.354 e. The van der Waals surface area contributed by atoms with Crippen LogP contribution in [0.4, 0.5) is 0 Å². The van der Waals surface area contributed by atoms with E-state index in [4.69, 9.17) is 14.2 Å². The fourth-order valence-corrected chi connectivity index (χ4v) is 4.61. The second kappa shape index (κ2) is 9.40. The maximum absolute atomic E-state index is 12.2. The molecule has 0 bridgehead atoms. The monoisotopic (exact) mass is 414 g/mol. The van der Waals surface area contributed by atoms with Crippen molar-refractivity contribution in [2.45, 2.75) is 64.5 Å². The first-order valence-corrected chi connectivity index (χ1v) is 11.4. The number of ether oxygens (including phenoxy) is 3. The highest BCUT2D eigenvalue weighted by molar-refractivity contribution is 5.95. The van der Waals surface area contributed by atoms with Gasteiger partial charge < -0.3 is 24.1 Å². The van der Waals surface area contributed by atoms with Gasteiger partial charge in [0.15, 0.2) is 0 Å². The maximum atomic E-state index is 12.2. The Balaban J connectivity index is 1.61. The van der Waals surface area contributed by atoms with Crippen molar-refractivity contribution in [3.8, 4) is 5.75 Å². The number of piperidine rings is 1. The van der Waals surface area contributed by atoms with Gasteiger partial charge in [-0.2, -0.15) is 0 Å². The lowest BCUT2D eigenvalue weighted by Gasteiger charge is -2.35. The second-order valence-corrected chi connectivity index (χ2v) is 8.71. The van der Waals surface area contributed by atoms with Crippen LogP contribution in [-0.4, -0.2) is 60.9 Å². The highest BCUT2D eigenvalue weighted by Gasteiger charge is 2.26. The van der Waals surface area contributed by atoms with Gasteiger partial charge in [0.05, 0.1) is 6.61 Å². The van der Waals surface area contributed by atoms with Gasteiger partial charge in [-0.05, 0) is 76.1 Å². The first-order chi connectivity index (χ1) is 14.5. The average molecular weight is 415 g/mol. The van der Waals surface area contributed by atoms with Crippen LogP contribution < -0.4 is 4.74 Å². The number of rotatable bonds is 6. The van der Waals surface area contributed by atoms with Crippen LogP contribution in [0, 0.1) is 0 Å². The minimum atomic E-state index is -0.315. The number of carbonyl (C=O) groups excluding carboxylic acids is 1. The minimum Gasteiger partial charge on any atom is -0.490 e. The van der Waals surface area contributed by atoms with Crippen LogP contribution in [0.5, 0.6) is 5.75 Å². The molecule has 6 nitrogen and oxygen atoms in total. The van der Waals surface area contributed by atoms with Crippen molar-refractivity contribution in [1.82, 2.24) is 9.88 Å². The van der Waals surface area contributed by atoms with Crippen molar-refractivity contribution in [3.63, 3.8) is 0 Å². The zero-order chi connectivity index (χ0) is 21.1. The lowest BCUT2D eigenvalue weighted by Crippen LogP contribution is -2.41. The predicted octanol–water partition coefficient (Wildman–Crippen LogP) is 4.49. The van der Waals surface area contributed by atoms with E-state index in [2.05, 4.69) is 35.9 Å². The van der Waals surface area contributed by atoms with E-state index >= 15 is 0 Å². The Morgan fingerprint density at radius 1 is 1.17 bits per heavy atom. The molecule has 164 valence electrons. The molecular formula is C24H34N2O4. The zero-order valence-electron chi connectivity index (χ0n) is 18.4. The van der Waals surface area contributed by atoms with E-state index in [1.54, 1.807) is 0 Å². The van der Waals surface area contributed by atoms with Crippen LogP contribution in [0.3, 0.4) is 0 Å². The number of hydrogen-bond donors (Lipinski definition) is 1. The van der Waals surface area contributed by atoms with E-state index in [-0.39, 0.29) is 12.1 Å². The Bertz CT molecular complexity index is 861. The molecule has 4 rings (SSSR count). The summed E-state index contributed by atoms with van der Waals surface area (Å²) in [6.07, 6.45) is 4.33. The molecule has 0 atom stereocenters. The van der Waals surface area contributed by atoms with Crippen LogP contribution in [0.15, 0.2) is 18.2 Å². The number of esters is 1. The number of benzene rings is 1. The van der Waals surface area contributed by atoms with E-state index in [9.17, 15) is 4.79 Å². The number of H-pyrrole nitrogens is 1. The highest BCUT2D eigenvalue weighted by Crippen LogP contribution is 2.38. The summed E-state index contributed by atoms with van der Waals surface area (Å²) in [5.74, 6) is 1.07. The van der Waals surface area contributed by atoms with E-state index in [1.807, 2.05) is 13.0 Å². The number of aromatic nitrogens is 1. The van der Waals surface area contributed by atoms with Gasteiger partial charge in [-0.1, -0.05) is 0 Å². The number of aromatic amines is 1. The molecular weight excluding hydrogens is 380 g/mol. The molecule has 2 aliphatic rings. The number of carbonyl (C=O) groups is 1. The van der Waals surface area contributed by atoms with Crippen LogP contribution in [0.25, 0.3) is 10.9 Å². The van der Waals surface area contributed by atoms with Crippen molar-refractivity contribution in [2.24, 2.45) is 0 Å². The van der Waals surface area contributed by atoms with Crippen LogP contribution in [0.2, 0.25) is 0 Å². The first kappa shape index (κ1) is 21.2. The Kier molecular flexibility index (Phi) is 6.64. The van der Waals surface area contributed by atoms with Gasteiger partial charge in [-0.15, -0.1) is 0 Å². The van der Waals surface area contributed by atoms with E-state index in [0.29, 0.717) is 24.3 Å². The third kappa shape index (κ3) is 4.65. The van der Waals surface area contributed by atoms with Crippen molar-refractivity contribution in [3.05, 3.63) is 29.5 Å². The van der Waals surface area contributed by atoms with E-state index < -0.39 is 0 Å². The number of nitrogens with one attached hydrogen (secondary N) is 1. The third-order valence-corrected chi connectivity index (χ3v) is 6.41. The van der Waals surface area contributed by atoms with E-state index in [0.717, 1.165) is 68.6 Å². The minimum absolute atomic E-state index is 0.236. The van der Waals surface area contributed by atoms with Crippen molar-refractivity contribution < 1.29 is 19.0 Å². The molecule has 1 aromatic carbocycles. The van der Waals surface area contributed by atoms with Gasteiger partial charge in [0, 0.05) is 43.2 Å². The van der Waals surface area contributed by atoms with Gasteiger partial charge in [-0.3, -0.25) is 0 Å². The quantitative estimate of drug-likeness (QED) is 0.706. The number of fused-ring (bicyclic) bond motifs is 1.